The standard InChI is InChI=1S/C26H42N4O4S/c1-21(2)18-26(32)30-13-7-12-27(3)16-17-28(20-23-8-5-6-9-24(23)30)25(31)19-22-10-14-29(15-11-22)35(4,33)34/h5-6,8-9,21-22H,7,10-20H2,1-4H3. The van der Waals surface area contributed by atoms with Gasteiger partial charge in [-0.2, -0.15) is 0 Å². The molecule has 0 aliphatic carbocycles. The van der Waals surface area contributed by atoms with Crippen LogP contribution in [0.4, 0.5) is 5.69 Å². The molecule has 2 aliphatic heterocycles. The molecule has 1 aromatic carbocycles. The van der Waals surface area contributed by atoms with Gasteiger partial charge in [-0.25, -0.2) is 12.7 Å². The maximum Gasteiger partial charge on any atom is 0.227 e. The highest BCUT2D eigenvalue weighted by Gasteiger charge is 2.29. The third kappa shape index (κ3) is 8.02. The number of hydrogen-bond acceptors (Lipinski definition) is 5. The van der Waals surface area contributed by atoms with E-state index in [1.54, 1.807) is 0 Å². The fraction of sp³-hybridized carbons (Fsp3) is 0.692. The van der Waals surface area contributed by atoms with Crippen molar-refractivity contribution >= 4 is 27.5 Å². The number of sulfonamides is 1. The molecule has 1 aromatic rings. The van der Waals surface area contributed by atoms with Gasteiger partial charge in [0.15, 0.2) is 0 Å². The molecule has 0 radical (unpaired) electrons. The summed E-state index contributed by atoms with van der Waals surface area (Å²) in [5, 5.41) is 0. The largest absolute Gasteiger partial charge is 0.337 e. The Bertz CT molecular complexity index is 973. The smallest absolute Gasteiger partial charge is 0.227 e. The van der Waals surface area contributed by atoms with Crippen LogP contribution >= 0.6 is 0 Å². The first-order valence-electron chi connectivity index (χ1n) is 12.8. The van der Waals surface area contributed by atoms with E-state index in [1.807, 2.05) is 34.1 Å². The minimum Gasteiger partial charge on any atom is -0.337 e. The molecule has 0 unspecified atom stereocenters. The predicted molar refractivity (Wildman–Crippen MR) is 140 cm³/mol. The van der Waals surface area contributed by atoms with Crippen molar-refractivity contribution in [2.24, 2.45) is 11.8 Å². The van der Waals surface area contributed by atoms with Crippen LogP contribution < -0.4 is 4.90 Å². The maximum atomic E-state index is 13.5. The number of rotatable bonds is 5. The number of benzene rings is 1. The van der Waals surface area contributed by atoms with E-state index in [-0.39, 0.29) is 23.7 Å². The SMILES string of the molecule is CC(C)CC(=O)N1CCCN(C)CCN(C(=O)CC2CCN(S(C)(=O)=O)CC2)Cc2ccccc21. The quantitative estimate of drug-likeness (QED) is 0.614. The zero-order chi connectivity index (χ0) is 25.6. The molecule has 8 nitrogen and oxygen atoms in total. The number of nitrogens with zero attached hydrogens (tertiary/aromatic N) is 4. The highest BCUT2D eigenvalue weighted by atomic mass is 32.2. The average Bonchev–Trinajstić information content (AvgIpc) is 2.81. The number of carbonyl (C=O) groups excluding carboxylic acids is 2. The van der Waals surface area contributed by atoms with Gasteiger partial charge >= 0.3 is 0 Å². The van der Waals surface area contributed by atoms with Crippen LogP contribution in [0, 0.1) is 11.8 Å². The summed E-state index contributed by atoms with van der Waals surface area (Å²) in [5.74, 6) is 0.702. The van der Waals surface area contributed by atoms with Crippen molar-refractivity contribution in [3.63, 3.8) is 0 Å². The van der Waals surface area contributed by atoms with Gasteiger partial charge in [-0.05, 0) is 56.3 Å². The van der Waals surface area contributed by atoms with E-state index in [0.717, 1.165) is 30.8 Å². The molecule has 3 rings (SSSR count). The van der Waals surface area contributed by atoms with Crippen molar-refractivity contribution in [1.82, 2.24) is 14.1 Å². The number of carbonyl (C=O) groups is 2. The summed E-state index contributed by atoms with van der Waals surface area (Å²) in [6.45, 7) is 8.49. The van der Waals surface area contributed by atoms with Crippen LogP contribution in [0.25, 0.3) is 0 Å². The van der Waals surface area contributed by atoms with Gasteiger partial charge in [-0.1, -0.05) is 32.0 Å². The Hall–Kier alpha value is -1.97. The maximum absolute atomic E-state index is 13.5. The highest BCUT2D eigenvalue weighted by molar-refractivity contribution is 7.88. The Kier molecular flexibility index (Phi) is 9.72. The molecule has 35 heavy (non-hydrogen) atoms. The summed E-state index contributed by atoms with van der Waals surface area (Å²) in [6.07, 6.45) is 4.47. The van der Waals surface area contributed by atoms with Gasteiger partial charge in [0.2, 0.25) is 21.8 Å². The first-order chi connectivity index (χ1) is 16.5. The molecule has 196 valence electrons. The number of likely N-dealkylation sites (N-methyl/N-ethyl adjacent to an activating group) is 1. The van der Waals surface area contributed by atoms with E-state index in [9.17, 15) is 18.0 Å². The van der Waals surface area contributed by atoms with E-state index < -0.39 is 10.0 Å². The molecule has 1 fully saturated rings. The lowest BCUT2D eigenvalue weighted by Crippen LogP contribution is -2.41. The molecule has 0 spiro atoms. The number of anilines is 1. The van der Waals surface area contributed by atoms with Gasteiger partial charge in [-0.15, -0.1) is 0 Å². The van der Waals surface area contributed by atoms with Gasteiger partial charge in [-0.3, -0.25) is 9.59 Å². The lowest BCUT2D eigenvalue weighted by molar-refractivity contribution is -0.133. The van der Waals surface area contributed by atoms with Gasteiger partial charge in [0.25, 0.3) is 0 Å². The van der Waals surface area contributed by atoms with Crippen molar-refractivity contribution in [2.75, 3.05) is 57.5 Å². The van der Waals surface area contributed by atoms with Crippen LogP contribution in [-0.4, -0.2) is 86.9 Å². The second kappa shape index (κ2) is 12.3. The summed E-state index contributed by atoms with van der Waals surface area (Å²) in [6, 6.07) is 7.96. The molecular formula is C26H42N4O4S. The molecule has 1 saturated heterocycles. The van der Waals surface area contributed by atoms with Crippen molar-refractivity contribution < 1.29 is 18.0 Å². The molecule has 0 saturated carbocycles. The van der Waals surface area contributed by atoms with Crippen LogP contribution in [0.2, 0.25) is 0 Å². The van der Waals surface area contributed by atoms with E-state index in [0.29, 0.717) is 58.4 Å². The van der Waals surface area contributed by atoms with Gasteiger partial charge in [0.05, 0.1) is 6.26 Å². The van der Waals surface area contributed by atoms with E-state index in [4.69, 9.17) is 0 Å². The fourth-order valence-corrected chi connectivity index (χ4v) is 5.84. The third-order valence-corrected chi connectivity index (χ3v) is 8.36. The number of amides is 2. The van der Waals surface area contributed by atoms with Crippen LogP contribution in [0.15, 0.2) is 24.3 Å². The Morgan fingerprint density at radius 2 is 1.66 bits per heavy atom. The fourth-order valence-electron chi connectivity index (χ4n) is 4.97. The van der Waals surface area contributed by atoms with Crippen molar-refractivity contribution in [1.29, 1.82) is 0 Å². The highest BCUT2D eigenvalue weighted by Crippen LogP contribution is 2.27. The molecular weight excluding hydrogens is 464 g/mol. The molecule has 2 heterocycles. The summed E-state index contributed by atoms with van der Waals surface area (Å²) in [7, 11) is -1.11. The normalized spacial score (nSPS) is 19.9. The third-order valence-electron chi connectivity index (χ3n) is 7.06. The van der Waals surface area contributed by atoms with Crippen molar-refractivity contribution in [2.45, 2.75) is 52.5 Å². The summed E-state index contributed by atoms with van der Waals surface area (Å²) >= 11 is 0. The average molecular weight is 507 g/mol. The molecule has 2 aliphatic rings. The van der Waals surface area contributed by atoms with Crippen molar-refractivity contribution in [3.8, 4) is 0 Å². The van der Waals surface area contributed by atoms with Gasteiger partial charge in [0.1, 0.15) is 0 Å². The molecule has 0 bridgehead atoms. The second-order valence-electron chi connectivity index (χ2n) is 10.6. The first kappa shape index (κ1) is 27.6. The Balaban J connectivity index is 1.78. The molecule has 2 amide bonds. The zero-order valence-electron chi connectivity index (χ0n) is 21.8. The topological polar surface area (TPSA) is 81.2 Å². The Morgan fingerprint density at radius 1 is 0.971 bits per heavy atom. The summed E-state index contributed by atoms with van der Waals surface area (Å²) in [4.78, 5) is 32.7. The number of hydrogen-bond donors (Lipinski definition) is 0. The second-order valence-corrected chi connectivity index (χ2v) is 12.5. The number of para-hydroxylation sites is 1. The summed E-state index contributed by atoms with van der Waals surface area (Å²) < 4.78 is 25.2. The summed E-state index contributed by atoms with van der Waals surface area (Å²) in [5.41, 5.74) is 1.90. The van der Waals surface area contributed by atoms with Crippen LogP contribution in [0.1, 0.15) is 51.5 Å². The predicted octanol–water partition coefficient (Wildman–Crippen LogP) is 2.79. The molecule has 0 aromatic heterocycles. The van der Waals surface area contributed by atoms with Crippen LogP contribution in [-0.2, 0) is 26.2 Å². The van der Waals surface area contributed by atoms with E-state index in [1.165, 1.54) is 10.6 Å². The molecule has 9 heteroatoms. The van der Waals surface area contributed by atoms with E-state index in [2.05, 4.69) is 25.8 Å². The zero-order valence-corrected chi connectivity index (χ0v) is 22.6. The van der Waals surface area contributed by atoms with Crippen LogP contribution in [0.5, 0.6) is 0 Å². The first-order valence-corrected chi connectivity index (χ1v) is 14.7. The van der Waals surface area contributed by atoms with E-state index >= 15 is 0 Å². The van der Waals surface area contributed by atoms with Crippen molar-refractivity contribution in [3.05, 3.63) is 29.8 Å². The number of fused-ring (bicyclic) bond motifs is 1. The van der Waals surface area contributed by atoms with Gasteiger partial charge in [0, 0.05) is 57.8 Å². The Labute approximate surface area is 211 Å². The Morgan fingerprint density at radius 3 is 2.31 bits per heavy atom. The monoisotopic (exact) mass is 506 g/mol. The molecule has 0 atom stereocenters. The lowest BCUT2D eigenvalue weighted by Gasteiger charge is -2.32. The minimum absolute atomic E-state index is 0.102. The minimum atomic E-state index is -3.18. The molecule has 0 N–H and O–H groups in total. The van der Waals surface area contributed by atoms with Gasteiger partial charge < -0.3 is 14.7 Å². The lowest BCUT2D eigenvalue weighted by atomic mass is 9.94. The van der Waals surface area contributed by atoms with Crippen LogP contribution in [0.3, 0.4) is 0 Å². The number of piperidine rings is 1.